The summed E-state index contributed by atoms with van der Waals surface area (Å²) in [6, 6.07) is 6.52. The summed E-state index contributed by atoms with van der Waals surface area (Å²) in [5.41, 5.74) is 5.62. The molecule has 1 saturated carbocycles. The third kappa shape index (κ3) is 2.56. The van der Waals surface area contributed by atoms with Gasteiger partial charge in [0.25, 0.3) is 0 Å². The molecule has 0 aliphatic heterocycles. The molecule has 19 heavy (non-hydrogen) atoms. The average molecular weight is 280 g/mol. The van der Waals surface area contributed by atoms with Crippen molar-refractivity contribution in [1.82, 2.24) is 0 Å². The summed E-state index contributed by atoms with van der Waals surface area (Å²) in [6.07, 6.45) is 1.96. The van der Waals surface area contributed by atoms with Crippen LogP contribution in [0.5, 0.6) is 0 Å². The number of hydrogen-bond donors (Lipinski definition) is 1. The SMILES string of the molecule is Nc1cc(F)c(N(Cc2cccs2)C2CC2)c(F)c1. The van der Waals surface area contributed by atoms with Gasteiger partial charge in [0.1, 0.15) is 5.69 Å². The van der Waals surface area contributed by atoms with E-state index in [9.17, 15) is 8.78 Å². The lowest BCUT2D eigenvalue weighted by atomic mass is 10.2. The lowest BCUT2D eigenvalue weighted by molar-refractivity contribution is 0.569. The molecular formula is C14H14F2N2S. The van der Waals surface area contributed by atoms with Gasteiger partial charge in [-0.2, -0.15) is 0 Å². The van der Waals surface area contributed by atoms with Crippen LogP contribution in [0.1, 0.15) is 17.7 Å². The number of rotatable bonds is 4. The first-order valence-electron chi connectivity index (χ1n) is 6.18. The summed E-state index contributed by atoms with van der Waals surface area (Å²) in [6.45, 7) is 0.542. The molecule has 2 N–H and O–H groups in total. The molecule has 1 fully saturated rings. The highest BCUT2D eigenvalue weighted by molar-refractivity contribution is 7.09. The van der Waals surface area contributed by atoms with Crippen LogP contribution in [0.4, 0.5) is 20.2 Å². The smallest absolute Gasteiger partial charge is 0.151 e. The van der Waals surface area contributed by atoms with E-state index in [-0.39, 0.29) is 17.4 Å². The zero-order valence-electron chi connectivity index (χ0n) is 10.3. The van der Waals surface area contributed by atoms with E-state index >= 15 is 0 Å². The second-order valence-corrected chi connectivity index (χ2v) is 5.80. The van der Waals surface area contributed by atoms with Gasteiger partial charge in [-0.25, -0.2) is 8.78 Å². The highest BCUT2D eigenvalue weighted by Crippen LogP contribution is 2.37. The van der Waals surface area contributed by atoms with Crippen molar-refractivity contribution in [2.45, 2.75) is 25.4 Å². The highest BCUT2D eigenvalue weighted by atomic mass is 32.1. The molecule has 1 aromatic carbocycles. The van der Waals surface area contributed by atoms with Crippen LogP contribution in [-0.2, 0) is 6.54 Å². The van der Waals surface area contributed by atoms with Crippen LogP contribution in [0.2, 0.25) is 0 Å². The normalized spacial score (nSPS) is 14.6. The number of nitrogen functional groups attached to an aromatic ring is 1. The molecule has 0 unspecified atom stereocenters. The molecule has 1 heterocycles. The fourth-order valence-corrected chi connectivity index (χ4v) is 2.91. The molecule has 0 bridgehead atoms. The summed E-state index contributed by atoms with van der Waals surface area (Å²) in [5.74, 6) is -1.16. The molecule has 1 aromatic heterocycles. The molecule has 2 nitrogen and oxygen atoms in total. The zero-order chi connectivity index (χ0) is 13.4. The first kappa shape index (κ1) is 12.4. The van der Waals surface area contributed by atoms with Crippen molar-refractivity contribution in [2.24, 2.45) is 0 Å². The Balaban J connectivity index is 1.96. The Morgan fingerprint density at radius 2 is 1.95 bits per heavy atom. The molecule has 0 radical (unpaired) electrons. The number of halogens is 2. The standard InChI is InChI=1S/C14H14F2N2S/c15-12-6-9(17)7-13(16)14(12)18(10-3-4-10)8-11-2-1-5-19-11/h1-2,5-7,10H,3-4,8,17H2. The van der Waals surface area contributed by atoms with Gasteiger partial charge >= 0.3 is 0 Å². The van der Waals surface area contributed by atoms with Gasteiger partial charge in [-0.15, -0.1) is 11.3 Å². The van der Waals surface area contributed by atoms with Crippen molar-refractivity contribution in [3.63, 3.8) is 0 Å². The van der Waals surface area contributed by atoms with Crippen LogP contribution in [0.25, 0.3) is 0 Å². The van der Waals surface area contributed by atoms with Gasteiger partial charge in [-0.1, -0.05) is 6.07 Å². The van der Waals surface area contributed by atoms with Gasteiger partial charge in [0.2, 0.25) is 0 Å². The Hall–Kier alpha value is -1.62. The Labute approximate surface area is 114 Å². The van der Waals surface area contributed by atoms with E-state index in [2.05, 4.69) is 0 Å². The van der Waals surface area contributed by atoms with Crippen LogP contribution in [-0.4, -0.2) is 6.04 Å². The minimum absolute atomic E-state index is 0.0464. The summed E-state index contributed by atoms with van der Waals surface area (Å²) in [5, 5.41) is 1.97. The van der Waals surface area contributed by atoms with Gasteiger partial charge in [-0.3, -0.25) is 0 Å². The van der Waals surface area contributed by atoms with E-state index in [4.69, 9.17) is 5.73 Å². The molecule has 0 saturated heterocycles. The molecule has 0 amide bonds. The Kier molecular flexibility index (Phi) is 3.14. The zero-order valence-corrected chi connectivity index (χ0v) is 11.1. The van der Waals surface area contributed by atoms with Crippen molar-refractivity contribution < 1.29 is 8.78 Å². The van der Waals surface area contributed by atoms with E-state index in [0.29, 0.717) is 6.54 Å². The maximum Gasteiger partial charge on any atom is 0.151 e. The molecule has 0 atom stereocenters. The van der Waals surface area contributed by atoms with Crippen molar-refractivity contribution in [2.75, 3.05) is 10.6 Å². The van der Waals surface area contributed by atoms with Crippen LogP contribution in [0.15, 0.2) is 29.6 Å². The molecule has 1 aliphatic carbocycles. The maximum atomic E-state index is 14.0. The molecular weight excluding hydrogens is 266 g/mol. The first-order valence-corrected chi connectivity index (χ1v) is 7.06. The maximum absolute atomic E-state index is 14.0. The number of nitrogens with zero attached hydrogens (tertiary/aromatic N) is 1. The number of nitrogens with two attached hydrogens (primary N) is 1. The quantitative estimate of drug-likeness (QED) is 0.864. The highest BCUT2D eigenvalue weighted by Gasteiger charge is 2.32. The first-order chi connectivity index (χ1) is 9.15. The largest absolute Gasteiger partial charge is 0.399 e. The van der Waals surface area contributed by atoms with Gasteiger partial charge in [-0.05, 0) is 36.4 Å². The minimum atomic E-state index is -0.582. The fourth-order valence-electron chi connectivity index (χ4n) is 2.21. The van der Waals surface area contributed by atoms with Crippen molar-refractivity contribution in [3.05, 3.63) is 46.2 Å². The molecule has 3 rings (SSSR count). The number of benzene rings is 1. The summed E-state index contributed by atoms with van der Waals surface area (Å²) in [7, 11) is 0. The minimum Gasteiger partial charge on any atom is -0.399 e. The Morgan fingerprint density at radius 3 is 2.47 bits per heavy atom. The number of anilines is 2. The predicted octanol–water partition coefficient (Wildman–Crippen LogP) is 3.78. The topological polar surface area (TPSA) is 29.3 Å². The summed E-state index contributed by atoms with van der Waals surface area (Å²) >= 11 is 1.59. The van der Waals surface area contributed by atoms with E-state index in [1.807, 2.05) is 22.4 Å². The Bertz CT molecular complexity index is 556. The van der Waals surface area contributed by atoms with E-state index in [0.717, 1.165) is 17.7 Å². The monoisotopic (exact) mass is 280 g/mol. The lowest BCUT2D eigenvalue weighted by Gasteiger charge is -2.25. The summed E-state index contributed by atoms with van der Waals surface area (Å²) < 4.78 is 28.0. The van der Waals surface area contributed by atoms with Crippen LogP contribution in [0, 0.1) is 11.6 Å². The third-order valence-corrected chi connectivity index (χ3v) is 4.08. The van der Waals surface area contributed by atoms with Crippen LogP contribution < -0.4 is 10.6 Å². The second kappa shape index (κ2) is 4.81. The van der Waals surface area contributed by atoms with E-state index in [1.54, 1.807) is 11.3 Å². The number of hydrogen-bond acceptors (Lipinski definition) is 3. The van der Waals surface area contributed by atoms with Crippen molar-refractivity contribution >= 4 is 22.7 Å². The van der Waals surface area contributed by atoms with E-state index in [1.165, 1.54) is 12.1 Å². The van der Waals surface area contributed by atoms with Gasteiger partial charge in [0, 0.05) is 16.6 Å². The molecule has 0 spiro atoms. The van der Waals surface area contributed by atoms with Crippen LogP contribution in [0.3, 0.4) is 0 Å². The third-order valence-electron chi connectivity index (χ3n) is 3.22. The fraction of sp³-hybridized carbons (Fsp3) is 0.286. The molecule has 100 valence electrons. The predicted molar refractivity (Wildman–Crippen MR) is 74.3 cm³/mol. The summed E-state index contributed by atoms with van der Waals surface area (Å²) in [4.78, 5) is 2.91. The van der Waals surface area contributed by atoms with Gasteiger partial charge in [0.15, 0.2) is 11.6 Å². The van der Waals surface area contributed by atoms with Crippen molar-refractivity contribution in [1.29, 1.82) is 0 Å². The second-order valence-electron chi connectivity index (χ2n) is 4.77. The van der Waals surface area contributed by atoms with Gasteiger partial charge < -0.3 is 10.6 Å². The van der Waals surface area contributed by atoms with Crippen molar-refractivity contribution in [3.8, 4) is 0 Å². The Morgan fingerprint density at radius 1 is 1.26 bits per heavy atom. The van der Waals surface area contributed by atoms with Gasteiger partial charge in [0.05, 0.1) is 6.54 Å². The lowest BCUT2D eigenvalue weighted by Crippen LogP contribution is -2.26. The number of thiophene rings is 1. The van der Waals surface area contributed by atoms with Crippen LogP contribution >= 0.6 is 11.3 Å². The molecule has 2 aromatic rings. The molecule has 5 heteroatoms. The average Bonchev–Trinajstić information content (AvgIpc) is 3.05. The van der Waals surface area contributed by atoms with E-state index < -0.39 is 11.6 Å². The molecule has 1 aliphatic rings.